The van der Waals surface area contributed by atoms with Crippen LogP contribution in [0.2, 0.25) is 0 Å². The van der Waals surface area contributed by atoms with E-state index < -0.39 is 23.4 Å². The van der Waals surface area contributed by atoms with Crippen molar-refractivity contribution in [3.05, 3.63) is 95.3 Å². The van der Waals surface area contributed by atoms with E-state index in [1.165, 1.54) is 6.07 Å². The molecule has 1 amide bonds. The van der Waals surface area contributed by atoms with Gasteiger partial charge in [0, 0.05) is 36.8 Å². The number of nitrogens with one attached hydrogen (secondary N) is 1. The Kier molecular flexibility index (Phi) is 7.13. The van der Waals surface area contributed by atoms with Gasteiger partial charge < -0.3 is 10.1 Å². The molecule has 38 heavy (non-hydrogen) atoms. The molecule has 2 aliphatic heterocycles. The number of hydroxylamine groups is 2. The van der Waals surface area contributed by atoms with Crippen LogP contribution < -0.4 is 10.1 Å². The first-order chi connectivity index (χ1) is 18.2. The Balaban J connectivity index is 1.51. The number of hydrogen-bond donors (Lipinski definition) is 1. The third-order valence-corrected chi connectivity index (χ3v) is 7.18. The average molecular weight is 530 g/mol. The third-order valence-electron chi connectivity index (χ3n) is 7.18. The largest absolute Gasteiger partial charge is 0.497 e. The quantitative estimate of drug-likeness (QED) is 0.431. The predicted molar refractivity (Wildman–Crippen MR) is 132 cm³/mol. The van der Waals surface area contributed by atoms with E-state index in [2.05, 4.69) is 4.90 Å². The summed E-state index contributed by atoms with van der Waals surface area (Å²) in [6.07, 6.45) is -5.06. The number of fused-ring (bicyclic) bond motifs is 1. The molecule has 0 aliphatic carbocycles. The number of likely N-dealkylation sites (tertiary alicyclic amines) is 1. The van der Waals surface area contributed by atoms with E-state index >= 15 is 4.39 Å². The van der Waals surface area contributed by atoms with Crippen molar-refractivity contribution in [2.24, 2.45) is 5.92 Å². The van der Waals surface area contributed by atoms with Gasteiger partial charge in [0.15, 0.2) is 0 Å². The van der Waals surface area contributed by atoms with Crippen molar-refractivity contribution in [3.63, 3.8) is 0 Å². The number of halogens is 4. The Morgan fingerprint density at radius 1 is 1.05 bits per heavy atom. The van der Waals surface area contributed by atoms with Crippen molar-refractivity contribution < 1.29 is 31.9 Å². The fourth-order valence-corrected chi connectivity index (χ4v) is 5.39. The second-order valence-electron chi connectivity index (χ2n) is 9.60. The summed E-state index contributed by atoms with van der Waals surface area (Å²) in [7, 11) is 1.57. The van der Waals surface area contributed by atoms with Crippen LogP contribution in [0.1, 0.15) is 16.7 Å². The summed E-state index contributed by atoms with van der Waals surface area (Å²) in [5.41, 5.74) is 1.06. The lowest BCUT2D eigenvalue weighted by atomic mass is 9.80. The second-order valence-corrected chi connectivity index (χ2v) is 9.60. The maximum absolute atomic E-state index is 15.5. The van der Waals surface area contributed by atoms with Crippen molar-refractivity contribution in [2.75, 3.05) is 32.1 Å². The summed E-state index contributed by atoms with van der Waals surface area (Å²) in [5.74, 6) is -2.16. The van der Waals surface area contributed by atoms with Crippen LogP contribution in [0.3, 0.4) is 0 Å². The first kappa shape index (κ1) is 26.1. The minimum absolute atomic E-state index is 0.130. The molecule has 200 valence electrons. The zero-order chi connectivity index (χ0) is 26.9. The molecule has 0 spiro atoms. The van der Waals surface area contributed by atoms with Gasteiger partial charge in [-0.25, -0.2) is 4.39 Å². The molecule has 0 unspecified atom stereocenters. The molecule has 6 nitrogen and oxygen atoms in total. The maximum Gasteiger partial charge on any atom is 0.471 e. The number of benzene rings is 3. The highest BCUT2D eigenvalue weighted by Crippen LogP contribution is 2.49. The van der Waals surface area contributed by atoms with E-state index in [0.717, 1.165) is 23.3 Å². The first-order valence-corrected chi connectivity index (χ1v) is 12.2. The van der Waals surface area contributed by atoms with Gasteiger partial charge in [-0.05, 0) is 41.5 Å². The highest BCUT2D eigenvalue weighted by atomic mass is 19.4. The van der Waals surface area contributed by atoms with Crippen molar-refractivity contribution in [3.8, 4) is 5.75 Å². The lowest BCUT2D eigenvalue weighted by molar-refractivity contribution is -0.178. The van der Waals surface area contributed by atoms with Gasteiger partial charge in [0.2, 0.25) is 0 Å². The van der Waals surface area contributed by atoms with Crippen LogP contribution in [-0.2, 0) is 28.3 Å². The molecule has 3 aromatic carbocycles. The molecule has 10 heteroatoms. The summed E-state index contributed by atoms with van der Waals surface area (Å²) < 4.78 is 59.5. The molecule has 3 aromatic rings. The third kappa shape index (κ3) is 5.11. The van der Waals surface area contributed by atoms with Gasteiger partial charge in [-0.15, -0.1) is 0 Å². The minimum atomic E-state index is -5.06. The standard InChI is InChI=1S/C28H27F4N3O3/c1-37-23-10-7-20(8-11-23)15-35-27(24-13-22(9-12-25(24)29)33-26(36)28(30,31)32)18-34(16-21(27)17-38-35)14-19-5-3-2-4-6-19/h2-13,21H,14-18H2,1H3,(H,33,36)/t21-,27-/m0/s1. The van der Waals surface area contributed by atoms with Gasteiger partial charge in [0.25, 0.3) is 0 Å². The van der Waals surface area contributed by atoms with Gasteiger partial charge in [0.1, 0.15) is 11.6 Å². The summed E-state index contributed by atoms with van der Waals surface area (Å²) in [6, 6.07) is 20.8. The molecule has 5 rings (SSSR count). The second kappa shape index (κ2) is 10.4. The number of nitrogens with zero attached hydrogens (tertiary/aromatic N) is 2. The van der Waals surface area contributed by atoms with Gasteiger partial charge in [-0.3, -0.25) is 14.5 Å². The van der Waals surface area contributed by atoms with Crippen molar-refractivity contribution in [1.82, 2.24) is 9.96 Å². The highest BCUT2D eigenvalue weighted by Gasteiger charge is 2.58. The van der Waals surface area contributed by atoms with E-state index in [1.807, 2.05) is 59.9 Å². The summed E-state index contributed by atoms with van der Waals surface area (Å²) >= 11 is 0. The summed E-state index contributed by atoms with van der Waals surface area (Å²) in [5, 5.41) is 3.59. The fraction of sp³-hybridized carbons (Fsp3) is 0.321. The van der Waals surface area contributed by atoms with E-state index in [9.17, 15) is 18.0 Å². The smallest absolute Gasteiger partial charge is 0.471 e. The molecule has 2 aliphatic rings. The van der Waals surface area contributed by atoms with Gasteiger partial charge in [-0.2, -0.15) is 18.2 Å². The van der Waals surface area contributed by atoms with Crippen LogP contribution in [0, 0.1) is 11.7 Å². The van der Waals surface area contributed by atoms with E-state index in [1.54, 1.807) is 12.2 Å². The lowest BCUT2D eigenvalue weighted by Gasteiger charge is -2.37. The molecule has 2 atom stereocenters. The van der Waals surface area contributed by atoms with Crippen molar-refractivity contribution in [2.45, 2.75) is 24.8 Å². The number of hydrogen-bond acceptors (Lipinski definition) is 5. The number of amides is 1. The number of ether oxygens (including phenoxy) is 1. The Hall–Kier alpha value is -3.47. The molecule has 2 fully saturated rings. The van der Waals surface area contributed by atoms with E-state index in [-0.39, 0.29) is 17.2 Å². The van der Waals surface area contributed by atoms with Crippen LogP contribution in [0.15, 0.2) is 72.8 Å². The zero-order valence-electron chi connectivity index (χ0n) is 20.7. The predicted octanol–water partition coefficient (Wildman–Crippen LogP) is 5.11. The van der Waals surface area contributed by atoms with Crippen LogP contribution >= 0.6 is 0 Å². The van der Waals surface area contributed by atoms with Crippen molar-refractivity contribution in [1.29, 1.82) is 0 Å². The Labute approximate surface area is 217 Å². The van der Waals surface area contributed by atoms with Crippen LogP contribution in [0.5, 0.6) is 5.75 Å². The van der Waals surface area contributed by atoms with Crippen LogP contribution in [0.4, 0.5) is 23.2 Å². The highest BCUT2D eigenvalue weighted by molar-refractivity contribution is 5.95. The number of rotatable bonds is 7. The number of anilines is 1. The van der Waals surface area contributed by atoms with Crippen LogP contribution in [0.25, 0.3) is 0 Å². The van der Waals surface area contributed by atoms with E-state index in [4.69, 9.17) is 9.57 Å². The summed E-state index contributed by atoms with van der Waals surface area (Å²) in [4.78, 5) is 19.9. The molecule has 0 radical (unpaired) electrons. The molecule has 1 N–H and O–H groups in total. The lowest BCUT2D eigenvalue weighted by Crippen LogP contribution is -2.46. The molecular formula is C28H27F4N3O3. The van der Waals surface area contributed by atoms with Crippen molar-refractivity contribution >= 4 is 11.6 Å². The monoisotopic (exact) mass is 529 g/mol. The number of carbonyl (C=O) groups excluding carboxylic acids is 1. The van der Waals surface area contributed by atoms with Crippen LogP contribution in [-0.4, -0.2) is 48.9 Å². The number of carbonyl (C=O) groups is 1. The number of alkyl halides is 3. The Morgan fingerprint density at radius 3 is 2.45 bits per heavy atom. The Bertz CT molecular complexity index is 1290. The average Bonchev–Trinajstić information content (AvgIpc) is 3.42. The fourth-order valence-electron chi connectivity index (χ4n) is 5.39. The zero-order valence-corrected chi connectivity index (χ0v) is 20.7. The molecular weight excluding hydrogens is 502 g/mol. The van der Waals surface area contributed by atoms with Gasteiger partial charge in [-0.1, -0.05) is 42.5 Å². The normalized spacial score (nSPS) is 21.9. The molecule has 0 bridgehead atoms. The maximum atomic E-state index is 15.5. The molecule has 2 saturated heterocycles. The molecule has 0 saturated carbocycles. The molecule has 0 aromatic heterocycles. The Morgan fingerprint density at radius 2 is 1.76 bits per heavy atom. The summed E-state index contributed by atoms with van der Waals surface area (Å²) in [6.45, 7) is 2.25. The SMILES string of the molecule is COc1ccc(CN2OC[C@@H]3CN(Cc4ccccc4)C[C@@]32c2cc(NC(=O)C(F)(F)F)ccc2F)cc1. The molecule has 2 heterocycles. The first-order valence-electron chi connectivity index (χ1n) is 12.2. The topological polar surface area (TPSA) is 54.0 Å². The minimum Gasteiger partial charge on any atom is -0.497 e. The van der Waals surface area contributed by atoms with Gasteiger partial charge in [0.05, 0.1) is 25.8 Å². The van der Waals surface area contributed by atoms with Gasteiger partial charge >= 0.3 is 12.1 Å². The number of methoxy groups -OCH3 is 1. The van der Waals surface area contributed by atoms with E-state index in [0.29, 0.717) is 38.5 Å².